The summed E-state index contributed by atoms with van der Waals surface area (Å²) in [7, 11) is 0. The van der Waals surface area contributed by atoms with Crippen LogP contribution in [0.2, 0.25) is 0 Å². The molecule has 0 saturated carbocycles. The number of carbonyl (C=O) groups excluding carboxylic acids is 1. The average Bonchev–Trinajstić information content (AvgIpc) is 2.10. The molecule has 0 radical (unpaired) electrons. The lowest BCUT2D eigenvalue weighted by atomic mass is 9.89. The lowest BCUT2D eigenvalue weighted by Crippen LogP contribution is -2.26. The molecule has 2 heteroatoms. The van der Waals surface area contributed by atoms with Crippen molar-refractivity contribution in [3.8, 4) is 0 Å². The molecule has 16 heavy (non-hydrogen) atoms. The number of carbonyl (C=O) groups is 1. The Kier molecular flexibility index (Phi) is 6.06. The van der Waals surface area contributed by atoms with E-state index in [1.807, 2.05) is 20.8 Å². The number of esters is 1. The van der Waals surface area contributed by atoms with Crippen LogP contribution in [-0.2, 0) is 9.53 Å². The maximum atomic E-state index is 11.5. The lowest BCUT2D eigenvalue weighted by molar-refractivity contribution is -0.156. The molecule has 0 aromatic heterocycles. The van der Waals surface area contributed by atoms with Crippen LogP contribution >= 0.6 is 0 Å². The summed E-state index contributed by atoms with van der Waals surface area (Å²) in [5, 5.41) is 0. The van der Waals surface area contributed by atoms with Crippen LogP contribution in [0.15, 0.2) is 0 Å². The minimum Gasteiger partial charge on any atom is -0.460 e. The predicted octanol–water partition coefficient (Wildman–Crippen LogP) is 4.32. The van der Waals surface area contributed by atoms with Gasteiger partial charge in [-0.15, -0.1) is 0 Å². The highest BCUT2D eigenvalue weighted by Gasteiger charge is 2.20. The van der Waals surface area contributed by atoms with Crippen LogP contribution in [0.4, 0.5) is 0 Å². The van der Waals surface area contributed by atoms with Crippen LogP contribution in [0, 0.1) is 5.41 Å². The molecule has 0 unspecified atom stereocenters. The van der Waals surface area contributed by atoms with Gasteiger partial charge in [0, 0.05) is 6.42 Å². The van der Waals surface area contributed by atoms with Crippen LogP contribution < -0.4 is 0 Å². The van der Waals surface area contributed by atoms with Gasteiger partial charge in [-0.3, -0.25) is 4.79 Å². The van der Waals surface area contributed by atoms with Gasteiger partial charge < -0.3 is 4.74 Å². The molecule has 0 aliphatic rings. The lowest BCUT2D eigenvalue weighted by Gasteiger charge is -2.23. The standard InChI is InChI=1S/C14H28O2/c1-7-14(5,6)16-12(15)10-8-9-11-13(2,3)4/h7-11H2,1-6H3. The van der Waals surface area contributed by atoms with Gasteiger partial charge in [0.25, 0.3) is 0 Å². The first-order valence-electron chi connectivity index (χ1n) is 6.38. The van der Waals surface area contributed by atoms with E-state index < -0.39 is 0 Å². The molecule has 96 valence electrons. The third-order valence-electron chi connectivity index (χ3n) is 2.80. The van der Waals surface area contributed by atoms with Crippen LogP contribution in [-0.4, -0.2) is 11.6 Å². The van der Waals surface area contributed by atoms with Crippen molar-refractivity contribution >= 4 is 5.97 Å². The van der Waals surface area contributed by atoms with Crippen molar-refractivity contribution in [2.24, 2.45) is 5.41 Å². The molecule has 0 aliphatic carbocycles. The molecule has 0 aromatic rings. The van der Waals surface area contributed by atoms with E-state index in [0.29, 0.717) is 11.8 Å². The maximum absolute atomic E-state index is 11.5. The first kappa shape index (κ1) is 15.5. The Balaban J connectivity index is 3.67. The molecule has 0 spiro atoms. The Labute approximate surface area is 101 Å². The number of hydrogen-bond acceptors (Lipinski definition) is 2. The van der Waals surface area contributed by atoms with E-state index in [1.165, 1.54) is 0 Å². The zero-order chi connectivity index (χ0) is 12.8. The van der Waals surface area contributed by atoms with E-state index in [4.69, 9.17) is 4.74 Å². The summed E-state index contributed by atoms with van der Waals surface area (Å²) < 4.78 is 5.38. The van der Waals surface area contributed by atoms with Crippen LogP contribution in [0.1, 0.15) is 73.6 Å². The van der Waals surface area contributed by atoms with Gasteiger partial charge in [-0.25, -0.2) is 0 Å². The molecule has 2 nitrogen and oxygen atoms in total. The topological polar surface area (TPSA) is 26.3 Å². The summed E-state index contributed by atoms with van der Waals surface area (Å²) in [6, 6.07) is 0. The van der Waals surface area contributed by atoms with Gasteiger partial charge in [0.05, 0.1) is 0 Å². The van der Waals surface area contributed by atoms with E-state index in [9.17, 15) is 4.79 Å². The second-order valence-electron chi connectivity index (χ2n) is 6.36. The van der Waals surface area contributed by atoms with Gasteiger partial charge in [-0.05, 0) is 38.5 Å². The summed E-state index contributed by atoms with van der Waals surface area (Å²) in [5.74, 6) is -0.0549. The number of unbranched alkanes of at least 4 members (excludes halogenated alkanes) is 1. The van der Waals surface area contributed by atoms with Crippen molar-refractivity contribution in [1.82, 2.24) is 0 Å². The van der Waals surface area contributed by atoms with Gasteiger partial charge in [-0.2, -0.15) is 0 Å². The highest BCUT2D eigenvalue weighted by molar-refractivity contribution is 5.69. The van der Waals surface area contributed by atoms with E-state index in [1.54, 1.807) is 0 Å². The Morgan fingerprint density at radius 2 is 1.62 bits per heavy atom. The zero-order valence-corrected chi connectivity index (χ0v) is 11.9. The molecule has 0 rings (SSSR count). The van der Waals surface area contributed by atoms with Crippen molar-refractivity contribution < 1.29 is 9.53 Å². The summed E-state index contributed by atoms with van der Waals surface area (Å²) in [5.41, 5.74) is 0.0632. The van der Waals surface area contributed by atoms with Gasteiger partial charge in [-0.1, -0.05) is 34.1 Å². The fraction of sp³-hybridized carbons (Fsp3) is 0.929. The largest absolute Gasteiger partial charge is 0.460 e. The summed E-state index contributed by atoms with van der Waals surface area (Å²) in [6.45, 7) is 12.6. The van der Waals surface area contributed by atoms with Gasteiger partial charge in [0.2, 0.25) is 0 Å². The average molecular weight is 228 g/mol. The minimum atomic E-state index is -0.304. The smallest absolute Gasteiger partial charge is 0.306 e. The summed E-state index contributed by atoms with van der Waals surface area (Å²) in [6.07, 6.45) is 4.62. The highest BCUT2D eigenvalue weighted by atomic mass is 16.6. The molecular weight excluding hydrogens is 200 g/mol. The quantitative estimate of drug-likeness (QED) is 0.500. The molecule has 0 heterocycles. The van der Waals surface area contributed by atoms with E-state index in [0.717, 1.165) is 25.7 Å². The Morgan fingerprint density at radius 3 is 2.06 bits per heavy atom. The molecule has 0 N–H and O–H groups in total. The Hall–Kier alpha value is -0.530. The van der Waals surface area contributed by atoms with Gasteiger partial charge in [0.15, 0.2) is 0 Å². The van der Waals surface area contributed by atoms with Gasteiger partial charge >= 0.3 is 5.97 Å². The third kappa shape index (κ3) is 8.75. The van der Waals surface area contributed by atoms with Crippen molar-refractivity contribution in [2.45, 2.75) is 79.2 Å². The second kappa shape index (κ2) is 6.27. The maximum Gasteiger partial charge on any atom is 0.306 e. The van der Waals surface area contributed by atoms with Crippen LogP contribution in [0.3, 0.4) is 0 Å². The molecule has 0 aliphatic heterocycles. The monoisotopic (exact) mass is 228 g/mol. The first-order valence-corrected chi connectivity index (χ1v) is 6.38. The summed E-state index contributed by atoms with van der Waals surface area (Å²) >= 11 is 0. The fourth-order valence-electron chi connectivity index (χ4n) is 1.36. The van der Waals surface area contributed by atoms with Crippen molar-refractivity contribution in [3.05, 3.63) is 0 Å². The van der Waals surface area contributed by atoms with Crippen LogP contribution in [0.25, 0.3) is 0 Å². The molecule has 0 saturated heterocycles. The van der Waals surface area contributed by atoms with Crippen molar-refractivity contribution in [2.75, 3.05) is 0 Å². The third-order valence-corrected chi connectivity index (χ3v) is 2.80. The predicted molar refractivity (Wildman–Crippen MR) is 68.4 cm³/mol. The molecule has 0 bridgehead atoms. The zero-order valence-electron chi connectivity index (χ0n) is 11.9. The normalized spacial score (nSPS) is 12.6. The van der Waals surface area contributed by atoms with E-state index >= 15 is 0 Å². The summed E-state index contributed by atoms with van der Waals surface area (Å²) in [4.78, 5) is 11.5. The van der Waals surface area contributed by atoms with Gasteiger partial charge in [0.1, 0.15) is 5.60 Å². The Bertz CT molecular complexity index is 211. The van der Waals surface area contributed by atoms with Crippen molar-refractivity contribution in [1.29, 1.82) is 0 Å². The van der Waals surface area contributed by atoms with Crippen LogP contribution in [0.5, 0.6) is 0 Å². The molecule has 0 amide bonds. The minimum absolute atomic E-state index is 0.0549. The van der Waals surface area contributed by atoms with Crippen molar-refractivity contribution in [3.63, 3.8) is 0 Å². The SMILES string of the molecule is CCC(C)(C)OC(=O)CCCCC(C)(C)C. The molecule has 0 atom stereocenters. The number of rotatable bonds is 6. The first-order chi connectivity index (χ1) is 7.16. The highest BCUT2D eigenvalue weighted by Crippen LogP contribution is 2.22. The fourth-order valence-corrected chi connectivity index (χ4v) is 1.36. The number of ether oxygens (including phenoxy) is 1. The Morgan fingerprint density at radius 1 is 1.06 bits per heavy atom. The molecular formula is C14H28O2. The molecule has 0 fully saturated rings. The van der Waals surface area contributed by atoms with E-state index in [2.05, 4.69) is 20.8 Å². The van der Waals surface area contributed by atoms with E-state index in [-0.39, 0.29) is 11.6 Å². The molecule has 0 aromatic carbocycles. The second-order valence-corrected chi connectivity index (χ2v) is 6.36. The number of hydrogen-bond donors (Lipinski definition) is 0.